The van der Waals surface area contributed by atoms with Crippen LogP contribution in [0.15, 0.2) is 0 Å². The van der Waals surface area contributed by atoms with E-state index in [4.69, 9.17) is 0 Å². The van der Waals surface area contributed by atoms with Crippen LogP contribution in [0.1, 0.15) is 59.3 Å². The number of unbranched alkanes of at least 4 members (excludes halogenated alkanes) is 3. The van der Waals surface area contributed by atoms with E-state index in [-0.39, 0.29) is 0 Å². The highest BCUT2D eigenvalue weighted by molar-refractivity contribution is 4.50. The summed E-state index contributed by atoms with van der Waals surface area (Å²) in [6.45, 7) is 9.24. The van der Waals surface area contributed by atoms with Gasteiger partial charge in [0.2, 0.25) is 0 Å². The van der Waals surface area contributed by atoms with Crippen molar-refractivity contribution in [2.75, 3.05) is 13.1 Å². The molecule has 13 heavy (non-hydrogen) atoms. The van der Waals surface area contributed by atoms with E-state index in [0.29, 0.717) is 0 Å². The molecule has 0 fully saturated rings. The molecule has 0 rings (SSSR count). The lowest BCUT2D eigenvalue weighted by molar-refractivity contribution is 0.512. The topological polar surface area (TPSA) is 12.0 Å². The van der Waals surface area contributed by atoms with Crippen LogP contribution in [-0.2, 0) is 0 Å². The minimum atomic E-state index is 0.887. The second-order valence-electron chi connectivity index (χ2n) is 4.35. The Morgan fingerprint density at radius 3 is 2.23 bits per heavy atom. The molecule has 0 spiro atoms. The minimum Gasteiger partial charge on any atom is -0.317 e. The highest BCUT2D eigenvalue weighted by atomic mass is 14.8. The van der Waals surface area contributed by atoms with Crippen molar-refractivity contribution in [3.05, 3.63) is 0 Å². The second kappa shape index (κ2) is 10.0. The van der Waals surface area contributed by atoms with E-state index < -0.39 is 0 Å². The lowest BCUT2D eigenvalue weighted by atomic mass is 10.0. The van der Waals surface area contributed by atoms with Gasteiger partial charge in [0.05, 0.1) is 0 Å². The summed E-state index contributed by atoms with van der Waals surface area (Å²) in [4.78, 5) is 0. The first-order valence-electron chi connectivity index (χ1n) is 5.98. The van der Waals surface area contributed by atoms with E-state index >= 15 is 0 Å². The van der Waals surface area contributed by atoms with Crippen molar-refractivity contribution in [2.24, 2.45) is 5.92 Å². The van der Waals surface area contributed by atoms with Gasteiger partial charge in [-0.15, -0.1) is 0 Å². The first-order chi connectivity index (χ1) is 6.27. The molecule has 0 aliphatic rings. The molecule has 0 radical (unpaired) electrons. The molecular formula is C12H27N. The SMILES string of the molecule is CCCNCCCCCCC(C)C. The Bertz CT molecular complexity index is 89.1. The monoisotopic (exact) mass is 185 g/mol. The van der Waals surface area contributed by atoms with Gasteiger partial charge in [0, 0.05) is 0 Å². The third kappa shape index (κ3) is 12.0. The highest BCUT2D eigenvalue weighted by Crippen LogP contribution is 2.08. The van der Waals surface area contributed by atoms with Gasteiger partial charge >= 0.3 is 0 Å². The fraction of sp³-hybridized carbons (Fsp3) is 1.00. The molecule has 1 N–H and O–H groups in total. The zero-order chi connectivity index (χ0) is 9.94. The average Bonchev–Trinajstić information content (AvgIpc) is 2.09. The van der Waals surface area contributed by atoms with Gasteiger partial charge in [-0.1, -0.05) is 46.5 Å². The van der Waals surface area contributed by atoms with Crippen molar-refractivity contribution in [2.45, 2.75) is 59.3 Å². The van der Waals surface area contributed by atoms with Crippen LogP contribution in [-0.4, -0.2) is 13.1 Å². The van der Waals surface area contributed by atoms with Crippen molar-refractivity contribution in [3.63, 3.8) is 0 Å². The van der Waals surface area contributed by atoms with Crippen LogP contribution < -0.4 is 5.32 Å². The molecule has 1 heteroatoms. The Kier molecular flexibility index (Phi) is 10.0. The van der Waals surface area contributed by atoms with E-state index in [1.54, 1.807) is 0 Å². The van der Waals surface area contributed by atoms with Crippen LogP contribution in [0.5, 0.6) is 0 Å². The van der Waals surface area contributed by atoms with Gasteiger partial charge in [-0.2, -0.15) is 0 Å². The predicted molar refractivity (Wildman–Crippen MR) is 61.1 cm³/mol. The Hall–Kier alpha value is -0.0400. The molecule has 0 aromatic rings. The quantitative estimate of drug-likeness (QED) is 0.541. The predicted octanol–water partition coefficient (Wildman–Crippen LogP) is 3.59. The van der Waals surface area contributed by atoms with Crippen molar-refractivity contribution >= 4 is 0 Å². The first-order valence-corrected chi connectivity index (χ1v) is 5.98. The van der Waals surface area contributed by atoms with Gasteiger partial charge < -0.3 is 5.32 Å². The van der Waals surface area contributed by atoms with Gasteiger partial charge in [-0.25, -0.2) is 0 Å². The van der Waals surface area contributed by atoms with Crippen LogP contribution in [0.25, 0.3) is 0 Å². The van der Waals surface area contributed by atoms with Crippen LogP contribution in [0.3, 0.4) is 0 Å². The number of hydrogen-bond donors (Lipinski definition) is 1. The average molecular weight is 185 g/mol. The molecule has 0 aliphatic heterocycles. The molecule has 0 aromatic heterocycles. The summed E-state index contributed by atoms with van der Waals surface area (Å²) in [5.41, 5.74) is 0. The molecule has 0 saturated carbocycles. The fourth-order valence-electron chi connectivity index (χ4n) is 1.46. The molecule has 0 unspecified atom stereocenters. The summed E-state index contributed by atoms with van der Waals surface area (Å²) >= 11 is 0. The van der Waals surface area contributed by atoms with E-state index in [1.165, 1.54) is 51.6 Å². The lowest BCUT2D eigenvalue weighted by Crippen LogP contribution is -2.15. The van der Waals surface area contributed by atoms with Crippen molar-refractivity contribution in [3.8, 4) is 0 Å². The molecule has 0 saturated heterocycles. The Morgan fingerprint density at radius 1 is 0.923 bits per heavy atom. The first kappa shape index (κ1) is 13.0. The molecule has 0 aromatic carbocycles. The van der Waals surface area contributed by atoms with Crippen molar-refractivity contribution in [1.29, 1.82) is 0 Å². The summed E-state index contributed by atoms with van der Waals surface area (Å²) in [7, 11) is 0. The standard InChI is InChI=1S/C12H27N/c1-4-10-13-11-8-6-5-7-9-12(2)3/h12-13H,4-11H2,1-3H3. The lowest BCUT2D eigenvalue weighted by Gasteiger charge is -2.04. The third-order valence-electron chi connectivity index (χ3n) is 2.31. The molecular weight excluding hydrogens is 158 g/mol. The van der Waals surface area contributed by atoms with Crippen molar-refractivity contribution < 1.29 is 0 Å². The van der Waals surface area contributed by atoms with Crippen LogP contribution >= 0.6 is 0 Å². The number of hydrogen-bond acceptors (Lipinski definition) is 1. The summed E-state index contributed by atoms with van der Waals surface area (Å²) in [5.74, 6) is 0.887. The van der Waals surface area contributed by atoms with Gasteiger partial charge in [-0.3, -0.25) is 0 Å². The molecule has 0 atom stereocenters. The highest BCUT2D eigenvalue weighted by Gasteiger charge is 1.93. The summed E-state index contributed by atoms with van der Waals surface area (Å²) in [5, 5.41) is 3.43. The van der Waals surface area contributed by atoms with Crippen LogP contribution in [0, 0.1) is 5.92 Å². The number of rotatable bonds is 9. The van der Waals surface area contributed by atoms with E-state index in [0.717, 1.165) is 5.92 Å². The molecule has 80 valence electrons. The second-order valence-corrected chi connectivity index (χ2v) is 4.35. The third-order valence-corrected chi connectivity index (χ3v) is 2.31. The zero-order valence-electron chi connectivity index (χ0n) is 9.73. The Balaban J connectivity index is 2.84. The minimum absolute atomic E-state index is 0.887. The maximum absolute atomic E-state index is 3.43. The molecule has 0 aliphatic carbocycles. The zero-order valence-corrected chi connectivity index (χ0v) is 9.73. The van der Waals surface area contributed by atoms with E-state index in [9.17, 15) is 0 Å². The molecule has 0 amide bonds. The van der Waals surface area contributed by atoms with Gasteiger partial charge in [0.1, 0.15) is 0 Å². The van der Waals surface area contributed by atoms with Crippen LogP contribution in [0.2, 0.25) is 0 Å². The van der Waals surface area contributed by atoms with Gasteiger partial charge in [0.25, 0.3) is 0 Å². The summed E-state index contributed by atoms with van der Waals surface area (Å²) in [6.07, 6.45) is 8.27. The summed E-state index contributed by atoms with van der Waals surface area (Å²) < 4.78 is 0. The largest absolute Gasteiger partial charge is 0.317 e. The van der Waals surface area contributed by atoms with Crippen molar-refractivity contribution in [1.82, 2.24) is 5.32 Å². The van der Waals surface area contributed by atoms with Gasteiger partial charge in [0.15, 0.2) is 0 Å². The van der Waals surface area contributed by atoms with E-state index in [2.05, 4.69) is 26.1 Å². The maximum Gasteiger partial charge on any atom is -0.00489 e. The Morgan fingerprint density at radius 2 is 1.62 bits per heavy atom. The molecule has 0 bridgehead atoms. The molecule has 1 nitrogen and oxygen atoms in total. The normalized spacial score (nSPS) is 11.1. The molecule has 0 heterocycles. The fourth-order valence-corrected chi connectivity index (χ4v) is 1.46. The number of nitrogens with one attached hydrogen (secondary N) is 1. The maximum atomic E-state index is 3.43. The van der Waals surface area contributed by atoms with Gasteiger partial charge in [-0.05, 0) is 31.8 Å². The smallest absolute Gasteiger partial charge is 0.00489 e. The Labute approximate surface area is 84.3 Å². The van der Waals surface area contributed by atoms with E-state index in [1.807, 2.05) is 0 Å². The summed E-state index contributed by atoms with van der Waals surface area (Å²) in [6, 6.07) is 0. The van der Waals surface area contributed by atoms with Crippen LogP contribution in [0.4, 0.5) is 0 Å².